The van der Waals surface area contributed by atoms with Crippen molar-refractivity contribution in [1.29, 1.82) is 5.26 Å². The molecule has 7 heteroatoms. The summed E-state index contributed by atoms with van der Waals surface area (Å²) in [5.74, 6) is -1.23. The highest BCUT2D eigenvalue weighted by Gasteiger charge is 2.56. The van der Waals surface area contributed by atoms with Crippen LogP contribution in [0, 0.1) is 16.7 Å². The van der Waals surface area contributed by atoms with Crippen LogP contribution in [0.25, 0.3) is 0 Å². The third kappa shape index (κ3) is 4.01. The van der Waals surface area contributed by atoms with Gasteiger partial charge in [-0.05, 0) is 62.2 Å². The van der Waals surface area contributed by atoms with E-state index in [1.54, 1.807) is 55.5 Å². The van der Waals surface area contributed by atoms with Crippen LogP contribution in [0.15, 0.2) is 48.5 Å². The van der Waals surface area contributed by atoms with E-state index in [1.807, 2.05) is 6.07 Å². The Morgan fingerprint density at radius 1 is 1.04 bits per heavy atom. The topological polar surface area (TPSA) is 108 Å². The minimum atomic E-state index is -1.12. The van der Waals surface area contributed by atoms with Crippen LogP contribution in [0.2, 0.25) is 0 Å². The number of esters is 1. The van der Waals surface area contributed by atoms with Crippen LogP contribution in [0.5, 0.6) is 0 Å². The van der Waals surface area contributed by atoms with E-state index in [0.717, 1.165) is 0 Å². The molecular formula is C21H19N3O4. The maximum Gasteiger partial charge on any atom is 0.338 e. The fourth-order valence-corrected chi connectivity index (χ4v) is 2.75. The summed E-state index contributed by atoms with van der Waals surface area (Å²) in [4.78, 5) is 37.0. The number of rotatable bonds is 6. The lowest BCUT2D eigenvalue weighted by atomic mass is 10.0. The summed E-state index contributed by atoms with van der Waals surface area (Å²) in [5, 5.41) is 14.4. The molecule has 2 aromatic rings. The molecule has 28 heavy (non-hydrogen) atoms. The number of nitrogens with one attached hydrogen (secondary N) is 2. The van der Waals surface area contributed by atoms with Crippen LogP contribution in [-0.2, 0) is 14.3 Å². The van der Waals surface area contributed by atoms with Gasteiger partial charge in [0, 0.05) is 11.4 Å². The molecule has 2 N–H and O–H groups in total. The van der Waals surface area contributed by atoms with Crippen LogP contribution in [0.3, 0.4) is 0 Å². The van der Waals surface area contributed by atoms with Crippen molar-refractivity contribution in [1.82, 2.24) is 0 Å². The average molecular weight is 377 g/mol. The first-order valence-electron chi connectivity index (χ1n) is 8.89. The zero-order valence-electron chi connectivity index (χ0n) is 15.3. The van der Waals surface area contributed by atoms with Gasteiger partial charge in [0.25, 0.3) is 0 Å². The van der Waals surface area contributed by atoms with Gasteiger partial charge in [-0.3, -0.25) is 9.59 Å². The number of benzene rings is 2. The summed E-state index contributed by atoms with van der Waals surface area (Å²) in [5.41, 5.74) is 0.651. The molecule has 1 aliphatic rings. The number of ether oxygens (including phenoxy) is 1. The van der Waals surface area contributed by atoms with Crippen LogP contribution in [0.1, 0.15) is 35.7 Å². The minimum Gasteiger partial charge on any atom is -0.462 e. The predicted molar refractivity (Wildman–Crippen MR) is 102 cm³/mol. The lowest BCUT2D eigenvalue weighted by Gasteiger charge is -2.16. The first-order chi connectivity index (χ1) is 13.5. The SMILES string of the molecule is CCOC(=O)c1ccc(NC(=O)C2(C(=O)Nc3cccc(C#N)c3)CC2)cc1. The normalized spacial score (nSPS) is 13.7. The Bertz CT molecular complexity index is 956. The second-order valence-electron chi connectivity index (χ2n) is 6.48. The number of nitrogens with zero attached hydrogens (tertiary/aromatic N) is 1. The third-order valence-corrected chi connectivity index (χ3v) is 4.52. The first kappa shape index (κ1) is 19.1. The Morgan fingerprint density at radius 2 is 1.68 bits per heavy atom. The molecule has 142 valence electrons. The number of carbonyl (C=O) groups is 3. The number of anilines is 2. The van der Waals surface area contributed by atoms with Gasteiger partial charge in [-0.15, -0.1) is 0 Å². The minimum absolute atomic E-state index is 0.284. The smallest absolute Gasteiger partial charge is 0.338 e. The van der Waals surface area contributed by atoms with E-state index in [2.05, 4.69) is 10.6 Å². The molecule has 2 amide bonds. The third-order valence-electron chi connectivity index (χ3n) is 4.52. The molecule has 0 unspecified atom stereocenters. The van der Waals surface area contributed by atoms with E-state index < -0.39 is 23.2 Å². The van der Waals surface area contributed by atoms with Crippen molar-refractivity contribution < 1.29 is 19.1 Å². The van der Waals surface area contributed by atoms with Crippen molar-refractivity contribution >= 4 is 29.2 Å². The average Bonchev–Trinajstić information content (AvgIpc) is 3.51. The van der Waals surface area contributed by atoms with Gasteiger partial charge in [0.1, 0.15) is 5.41 Å². The number of carbonyl (C=O) groups excluding carboxylic acids is 3. The lowest BCUT2D eigenvalue weighted by Crippen LogP contribution is -2.35. The molecule has 0 aliphatic heterocycles. The molecule has 0 heterocycles. The number of hydrogen-bond acceptors (Lipinski definition) is 5. The van der Waals surface area contributed by atoms with E-state index in [4.69, 9.17) is 10.00 Å². The highest BCUT2D eigenvalue weighted by Crippen LogP contribution is 2.47. The van der Waals surface area contributed by atoms with Crippen molar-refractivity contribution in [2.45, 2.75) is 19.8 Å². The summed E-state index contributed by atoms with van der Waals surface area (Å²) in [6.45, 7) is 2.01. The van der Waals surface area contributed by atoms with Crippen molar-refractivity contribution in [3.63, 3.8) is 0 Å². The molecule has 1 aliphatic carbocycles. The zero-order valence-corrected chi connectivity index (χ0v) is 15.3. The van der Waals surface area contributed by atoms with Gasteiger partial charge < -0.3 is 15.4 Å². The Kier molecular flexibility index (Phi) is 5.41. The monoisotopic (exact) mass is 377 g/mol. The summed E-state index contributed by atoms with van der Waals surface area (Å²) >= 11 is 0. The quantitative estimate of drug-likeness (QED) is 0.594. The first-order valence-corrected chi connectivity index (χ1v) is 8.89. The Balaban J connectivity index is 1.65. The largest absolute Gasteiger partial charge is 0.462 e. The molecule has 3 rings (SSSR count). The maximum atomic E-state index is 12.7. The van der Waals surface area contributed by atoms with Gasteiger partial charge in [-0.2, -0.15) is 5.26 Å². The van der Waals surface area contributed by atoms with Crippen molar-refractivity contribution in [3.05, 3.63) is 59.7 Å². The fourth-order valence-electron chi connectivity index (χ4n) is 2.75. The van der Waals surface area contributed by atoms with E-state index >= 15 is 0 Å². The molecule has 1 fully saturated rings. The second kappa shape index (κ2) is 7.92. The Morgan fingerprint density at radius 3 is 2.25 bits per heavy atom. The summed E-state index contributed by atoms with van der Waals surface area (Å²) in [6.07, 6.45) is 0.896. The lowest BCUT2D eigenvalue weighted by molar-refractivity contribution is -0.131. The Labute approximate surface area is 162 Å². The molecule has 1 saturated carbocycles. The summed E-state index contributed by atoms with van der Waals surface area (Å²) < 4.78 is 4.92. The van der Waals surface area contributed by atoms with Crippen LogP contribution >= 0.6 is 0 Å². The van der Waals surface area contributed by atoms with Gasteiger partial charge in [-0.25, -0.2) is 4.79 Å². The molecule has 0 saturated heterocycles. The second-order valence-corrected chi connectivity index (χ2v) is 6.48. The molecule has 0 aromatic heterocycles. The zero-order chi connectivity index (χ0) is 20.1. The standard InChI is InChI=1S/C21H19N3O4/c1-2-28-18(25)15-6-8-16(9-7-15)23-19(26)21(10-11-21)20(27)24-17-5-3-4-14(12-17)13-22/h3-9,12H,2,10-11H2,1H3,(H,23,26)(H,24,27). The highest BCUT2D eigenvalue weighted by molar-refractivity contribution is 6.17. The molecule has 0 bridgehead atoms. The number of hydrogen-bond donors (Lipinski definition) is 2. The van der Waals surface area contributed by atoms with Crippen molar-refractivity contribution in [2.75, 3.05) is 17.2 Å². The molecule has 0 atom stereocenters. The van der Waals surface area contributed by atoms with Crippen LogP contribution in [0.4, 0.5) is 11.4 Å². The number of nitriles is 1. The summed E-state index contributed by atoms with van der Waals surface area (Å²) in [7, 11) is 0. The number of amides is 2. The summed E-state index contributed by atoms with van der Waals surface area (Å²) in [6, 6.07) is 14.8. The maximum absolute atomic E-state index is 12.7. The van der Waals surface area contributed by atoms with Gasteiger partial charge in [-0.1, -0.05) is 6.07 Å². The molecule has 2 aromatic carbocycles. The molecule has 0 spiro atoms. The molecular weight excluding hydrogens is 358 g/mol. The van der Waals surface area contributed by atoms with Gasteiger partial charge in [0.15, 0.2) is 0 Å². The van der Waals surface area contributed by atoms with Crippen LogP contribution in [-0.4, -0.2) is 24.4 Å². The van der Waals surface area contributed by atoms with Crippen molar-refractivity contribution in [2.24, 2.45) is 5.41 Å². The van der Waals surface area contributed by atoms with E-state index in [9.17, 15) is 14.4 Å². The molecule has 0 radical (unpaired) electrons. The van der Waals surface area contributed by atoms with Gasteiger partial charge in [0.05, 0.1) is 23.8 Å². The predicted octanol–water partition coefficient (Wildman–Crippen LogP) is 3.09. The van der Waals surface area contributed by atoms with Gasteiger partial charge in [0.2, 0.25) is 11.8 Å². The van der Waals surface area contributed by atoms with E-state index in [1.165, 1.54) is 0 Å². The van der Waals surface area contributed by atoms with E-state index in [0.29, 0.717) is 35.3 Å². The highest BCUT2D eigenvalue weighted by atomic mass is 16.5. The Hall–Kier alpha value is -3.66. The molecule has 7 nitrogen and oxygen atoms in total. The van der Waals surface area contributed by atoms with Crippen molar-refractivity contribution in [3.8, 4) is 6.07 Å². The van der Waals surface area contributed by atoms with Crippen LogP contribution < -0.4 is 10.6 Å². The van der Waals surface area contributed by atoms with E-state index in [-0.39, 0.29) is 6.61 Å². The fraction of sp³-hybridized carbons (Fsp3) is 0.238. The van der Waals surface area contributed by atoms with Gasteiger partial charge >= 0.3 is 5.97 Å².